The quantitative estimate of drug-likeness (QED) is 0.551. The number of rotatable bonds is 3. The van der Waals surface area contributed by atoms with Crippen LogP contribution >= 0.6 is 11.8 Å². The van der Waals surface area contributed by atoms with Gasteiger partial charge in [-0.05, 0) is 12.1 Å². The van der Waals surface area contributed by atoms with Crippen LogP contribution in [0.3, 0.4) is 0 Å². The van der Waals surface area contributed by atoms with Crippen molar-refractivity contribution in [1.29, 1.82) is 0 Å². The van der Waals surface area contributed by atoms with Crippen molar-refractivity contribution >= 4 is 17.4 Å². The van der Waals surface area contributed by atoms with Crippen LogP contribution in [0.5, 0.6) is 0 Å². The van der Waals surface area contributed by atoms with E-state index in [1.165, 1.54) is 0 Å². The molecule has 0 amide bonds. The number of nitrogens with zero attached hydrogens (tertiary/aromatic N) is 1. The van der Waals surface area contributed by atoms with Crippen molar-refractivity contribution in [2.75, 3.05) is 11.5 Å². The van der Waals surface area contributed by atoms with Gasteiger partial charge < -0.3 is 5.73 Å². The van der Waals surface area contributed by atoms with E-state index in [4.69, 9.17) is 5.73 Å². The maximum absolute atomic E-state index is 5.55. The van der Waals surface area contributed by atoms with Gasteiger partial charge in [-0.2, -0.15) is 0 Å². The fourth-order valence-corrected chi connectivity index (χ4v) is 1.29. The molecule has 0 radical (unpaired) electrons. The Kier molecular flexibility index (Phi) is 2.98. The third-order valence-electron chi connectivity index (χ3n) is 1.11. The Morgan fingerprint density at radius 2 is 2.55 bits per heavy atom. The van der Waals surface area contributed by atoms with Crippen molar-refractivity contribution in [3.63, 3.8) is 0 Å². The van der Waals surface area contributed by atoms with Gasteiger partial charge in [0.2, 0.25) is 0 Å². The molecule has 0 bridgehead atoms. The Bertz CT molecular complexity index is 248. The van der Waals surface area contributed by atoms with Crippen LogP contribution < -0.4 is 5.73 Å². The lowest BCUT2D eigenvalue weighted by atomic mass is 10.4. The van der Waals surface area contributed by atoms with Crippen molar-refractivity contribution in [2.45, 2.75) is 5.03 Å². The highest BCUT2D eigenvalue weighted by Crippen LogP contribution is 2.16. The minimum atomic E-state index is 0.756. The van der Waals surface area contributed by atoms with Crippen LogP contribution in [0.4, 0.5) is 5.69 Å². The van der Waals surface area contributed by atoms with Crippen LogP contribution in [0.1, 0.15) is 0 Å². The molecule has 0 unspecified atom stereocenters. The van der Waals surface area contributed by atoms with Gasteiger partial charge in [-0.1, -0.05) is 6.08 Å². The summed E-state index contributed by atoms with van der Waals surface area (Å²) in [5.41, 5.74) is 6.31. The van der Waals surface area contributed by atoms with E-state index in [0.717, 1.165) is 16.5 Å². The van der Waals surface area contributed by atoms with Gasteiger partial charge >= 0.3 is 0 Å². The standard InChI is InChI=1S/C8H10N2S/c1-2-5-11-8-6-7(9)3-4-10-8/h2-4,6H,1,5H2,(H2,9,10). The van der Waals surface area contributed by atoms with E-state index >= 15 is 0 Å². The lowest BCUT2D eigenvalue weighted by molar-refractivity contribution is 1.14. The number of hydrogen-bond donors (Lipinski definition) is 1. The van der Waals surface area contributed by atoms with Gasteiger partial charge in [0.05, 0.1) is 5.03 Å². The summed E-state index contributed by atoms with van der Waals surface area (Å²) in [6.07, 6.45) is 3.55. The molecule has 3 heteroatoms. The monoisotopic (exact) mass is 166 g/mol. The van der Waals surface area contributed by atoms with Gasteiger partial charge in [0.15, 0.2) is 0 Å². The van der Waals surface area contributed by atoms with Gasteiger partial charge in [-0.3, -0.25) is 0 Å². The second-order valence-corrected chi connectivity index (χ2v) is 3.07. The molecule has 0 saturated carbocycles. The SMILES string of the molecule is C=CCSc1cc(N)ccn1. The first kappa shape index (κ1) is 8.14. The zero-order valence-corrected chi connectivity index (χ0v) is 6.97. The van der Waals surface area contributed by atoms with Crippen molar-refractivity contribution in [3.05, 3.63) is 31.0 Å². The molecule has 0 spiro atoms. The van der Waals surface area contributed by atoms with Gasteiger partial charge in [0, 0.05) is 17.6 Å². The van der Waals surface area contributed by atoms with Gasteiger partial charge in [-0.25, -0.2) is 4.98 Å². The van der Waals surface area contributed by atoms with E-state index in [1.807, 2.05) is 12.1 Å². The number of thioether (sulfide) groups is 1. The van der Waals surface area contributed by atoms with Crippen LogP contribution in [0, 0.1) is 0 Å². The molecule has 58 valence electrons. The maximum Gasteiger partial charge on any atom is 0.0983 e. The number of pyridine rings is 1. The molecule has 0 aromatic carbocycles. The molecule has 1 aromatic rings. The molecule has 1 aromatic heterocycles. The second-order valence-electron chi connectivity index (χ2n) is 2.03. The predicted molar refractivity (Wildman–Crippen MR) is 49.6 cm³/mol. The highest BCUT2D eigenvalue weighted by atomic mass is 32.2. The first-order chi connectivity index (χ1) is 5.33. The average Bonchev–Trinajstić information content (AvgIpc) is 2.01. The van der Waals surface area contributed by atoms with E-state index in [2.05, 4.69) is 11.6 Å². The molecule has 1 rings (SSSR count). The zero-order chi connectivity index (χ0) is 8.10. The smallest absolute Gasteiger partial charge is 0.0983 e. The molecule has 0 aliphatic carbocycles. The minimum absolute atomic E-state index is 0.756. The molecule has 11 heavy (non-hydrogen) atoms. The second kappa shape index (κ2) is 4.03. The topological polar surface area (TPSA) is 38.9 Å². The largest absolute Gasteiger partial charge is 0.399 e. The molecule has 0 aliphatic heterocycles. The van der Waals surface area contributed by atoms with Gasteiger partial charge in [-0.15, -0.1) is 18.3 Å². The fraction of sp³-hybridized carbons (Fsp3) is 0.125. The molecule has 0 saturated heterocycles. The lowest BCUT2D eigenvalue weighted by Gasteiger charge is -1.97. The summed E-state index contributed by atoms with van der Waals surface area (Å²) < 4.78 is 0. The molecular formula is C8H10N2S. The predicted octanol–water partition coefficient (Wildman–Crippen LogP) is 1.94. The highest BCUT2D eigenvalue weighted by molar-refractivity contribution is 7.99. The Balaban J connectivity index is 2.63. The van der Waals surface area contributed by atoms with Gasteiger partial charge in [0.1, 0.15) is 0 Å². The lowest BCUT2D eigenvalue weighted by Crippen LogP contribution is -1.86. The molecule has 1 heterocycles. The Hall–Kier alpha value is -0.960. The Morgan fingerprint density at radius 1 is 1.73 bits per heavy atom. The summed E-state index contributed by atoms with van der Waals surface area (Å²) in [5.74, 6) is 0.871. The molecule has 0 fully saturated rings. The summed E-state index contributed by atoms with van der Waals surface area (Å²) in [6.45, 7) is 3.62. The van der Waals surface area contributed by atoms with E-state index in [9.17, 15) is 0 Å². The number of hydrogen-bond acceptors (Lipinski definition) is 3. The molecule has 2 nitrogen and oxygen atoms in total. The summed E-state index contributed by atoms with van der Waals surface area (Å²) in [4.78, 5) is 4.11. The van der Waals surface area contributed by atoms with Crippen LogP contribution in [0.25, 0.3) is 0 Å². The first-order valence-corrected chi connectivity index (χ1v) is 4.26. The van der Waals surface area contributed by atoms with Crippen LogP contribution in [-0.2, 0) is 0 Å². The molecule has 0 atom stereocenters. The number of nitrogen functional groups attached to an aromatic ring is 1. The first-order valence-electron chi connectivity index (χ1n) is 3.28. The normalized spacial score (nSPS) is 9.45. The summed E-state index contributed by atoms with van der Waals surface area (Å²) >= 11 is 1.63. The maximum atomic E-state index is 5.55. The third kappa shape index (κ3) is 2.63. The average molecular weight is 166 g/mol. The highest BCUT2D eigenvalue weighted by Gasteiger charge is 1.92. The Morgan fingerprint density at radius 3 is 3.18 bits per heavy atom. The fourth-order valence-electron chi connectivity index (χ4n) is 0.648. The molecule has 2 N–H and O–H groups in total. The molecule has 0 aliphatic rings. The number of anilines is 1. The van der Waals surface area contributed by atoms with E-state index in [0.29, 0.717) is 0 Å². The summed E-state index contributed by atoms with van der Waals surface area (Å²) in [6, 6.07) is 3.63. The zero-order valence-electron chi connectivity index (χ0n) is 6.16. The van der Waals surface area contributed by atoms with Crippen molar-refractivity contribution < 1.29 is 0 Å². The third-order valence-corrected chi connectivity index (χ3v) is 2.03. The Labute approximate surface area is 70.5 Å². The van der Waals surface area contributed by atoms with E-state index in [-0.39, 0.29) is 0 Å². The van der Waals surface area contributed by atoms with Crippen molar-refractivity contribution in [3.8, 4) is 0 Å². The van der Waals surface area contributed by atoms with Gasteiger partial charge in [0.25, 0.3) is 0 Å². The van der Waals surface area contributed by atoms with Crippen molar-refractivity contribution in [2.24, 2.45) is 0 Å². The molecular weight excluding hydrogens is 156 g/mol. The number of aromatic nitrogens is 1. The summed E-state index contributed by atoms with van der Waals surface area (Å²) in [5, 5.41) is 0.949. The summed E-state index contributed by atoms with van der Waals surface area (Å²) in [7, 11) is 0. The van der Waals surface area contributed by atoms with Crippen molar-refractivity contribution in [1.82, 2.24) is 4.98 Å². The minimum Gasteiger partial charge on any atom is -0.399 e. The van der Waals surface area contributed by atoms with Crippen LogP contribution in [0.2, 0.25) is 0 Å². The van der Waals surface area contributed by atoms with E-state index in [1.54, 1.807) is 24.0 Å². The van der Waals surface area contributed by atoms with Crippen LogP contribution in [-0.4, -0.2) is 10.7 Å². The van der Waals surface area contributed by atoms with Crippen LogP contribution in [0.15, 0.2) is 36.0 Å². The van der Waals surface area contributed by atoms with E-state index < -0.39 is 0 Å². The number of nitrogens with two attached hydrogens (primary N) is 1.